The Labute approximate surface area is 180 Å². The van der Waals surface area contributed by atoms with Crippen LogP contribution in [0.3, 0.4) is 0 Å². The van der Waals surface area contributed by atoms with E-state index in [2.05, 4.69) is 66.8 Å². The van der Waals surface area contributed by atoms with Crippen molar-refractivity contribution in [2.75, 3.05) is 6.61 Å². The van der Waals surface area contributed by atoms with Gasteiger partial charge in [-0.05, 0) is 68.0 Å². The average Bonchev–Trinajstić information content (AvgIpc) is 3.12. The van der Waals surface area contributed by atoms with E-state index in [9.17, 15) is 4.79 Å². The maximum Gasteiger partial charge on any atom is 0.193 e. The Bertz CT molecular complexity index is 649. The minimum absolute atomic E-state index is 0.144. The zero-order chi connectivity index (χ0) is 21.7. The molecule has 3 nitrogen and oxygen atoms in total. The minimum atomic E-state index is -1.81. The molecule has 1 unspecified atom stereocenters. The van der Waals surface area contributed by atoms with E-state index in [1.807, 2.05) is 0 Å². The predicted octanol–water partition coefficient (Wildman–Crippen LogP) is 6.53. The summed E-state index contributed by atoms with van der Waals surface area (Å²) in [6, 6.07) is 0. The van der Waals surface area contributed by atoms with Crippen LogP contribution < -0.4 is 0 Å². The number of hydrogen-bond acceptors (Lipinski definition) is 3. The highest BCUT2D eigenvalue weighted by atomic mass is 28.4. The molecule has 4 heteroatoms. The van der Waals surface area contributed by atoms with Crippen molar-refractivity contribution in [2.45, 2.75) is 110 Å². The molecule has 0 aromatic rings. The van der Waals surface area contributed by atoms with Crippen molar-refractivity contribution in [3.8, 4) is 0 Å². The van der Waals surface area contributed by atoms with E-state index in [1.54, 1.807) is 0 Å². The lowest BCUT2D eigenvalue weighted by atomic mass is 9.62. The number of Topliss-reactive ketones (excluding diaryl/α,β-unsaturated/α-hetero) is 1. The van der Waals surface area contributed by atoms with Gasteiger partial charge in [0.25, 0.3) is 0 Å². The fourth-order valence-corrected chi connectivity index (χ4v) is 7.69. The van der Waals surface area contributed by atoms with Crippen LogP contribution >= 0.6 is 0 Å². The van der Waals surface area contributed by atoms with Crippen LogP contribution in [0.4, 0.5) is 0 Å². The minimum Gasteiger partial charge on any atom is -0.408 e. The Morgan fingerprint density at radius 2 is 1.93 bits per heavy atom. The molecule has 0 saturated heterocycles. The molecule has 166 valence electrons. The highest BCUT2D eigenvalue weighted by Gasteiger charge is 2.52. The van der Waals surface area contributed by atoms with Crippen molar-refractivity contribution in [1.29, 1.82) is 0 Å². The van der Waals surface area contributed by atoms with Crippen LogP contribution in [0.1, 0.15) is 80.1 Å². The topological polar surface area (TPSA) is 35.5 Å². The van der Waals surface area contributed by atoms with Crippen LogP contribution in [0.2, 0.25) is 18.1 Å². The Morgan fingerprint density at radius 3 is 2.59 bits per heavy atom. The van der Waals surface area contributed by atoms with Gasteiger partial charge in [0.2, 0.25) is 0 Å². The van der Waals surface area contributed by atoms with E-state index < -0.39 is 8.32 Å². The highest BCUT2D eigenvalue weighted by Crippen LogP contribution is 2.56. The summed E-state index contributed by atoms with van der Waals surface area (Å²) >= 11 is 0. The van der Waals surface area contributed by atoms with E-state index in [1.165, 1.54) is 12.8 Å². The number of rotatable bonds is 6. The summed E-state index contributed by atoms with van der Waals surface area (Å²) in [4.78, 5) is 12.4. The van der Waals surface area contributed by atoms with Crippen LogP contribution in [0.15, 0.2) is 12.2 Å². The van der Waals surface area contributed by atoms with E-state index in [-0.39, 0.29) is 22.2 Å². The second kappa shape index (κ2) is 7.91. The van der Waals surface area contributed by atoms with Gasteiger partial charge in [0.1, 0.15) is 5.78 Å². The zero-order valence-electron chi connectivity index (χ0n) is 20.1. The zero-order valence-corrected chi connectivity index (χ0v) is 21.1. The summed E-state index contributed by atoms with van der Waals surface area (Å²) < 4.78 is 13.1. The maximum atomic E-state index is 12.4. The molecule has 29 heavy (non-hydrogen) atoms. The summed E-state index contributed by atoms with van der Waals surface area (Å²) in [5.74, 6) is 1.93. The van der Waals surface area contributed by atoms with Gasteiger partial charge in [-0.15, -0.1) is 0 Å². The third-order valence-electron chi connectivity index (χ3n) is 8.76. The van der Waals surface area contributed by atoms with Crippen molar-refractivity contribution < 1.29 is 14.0 Å². The molecule has 0 amide bonds. The van der Waals surface area contributed by atoms with Crippen molar-refractivity contribution in [1.82, 2.24) is 0 Å². The Kier molecular flexibility index (Phi) is 6.33. The summed E-state index contributed by atoms with van der Waals surface area (Å²) in [5.41, 5.74) is -0.0132. The third kappa shape index (κ3) is 4.60. The van der Waals surface area contributed by atoms with Crippen LogP contribution in [0, 0.1) is 23.2 Å². The largest absolute Gasteiger partial charge is 0.408 e. The van der Waals surface area contributed by atoms with Gasteiger partial charge >= 0.3 is 0 Å². The molecule has 3 rings (SSSR count). The molecule has 3 aliphatic rings. The molecule has 2 fully saturated rings. The van der Waals surface area contributed by atoms with Crippen LogP contribution in [-0.4, -0.2) is 32.4 Å². The molecular weight excluding hydrogens is 376 g/mol. The smallest absolute Gasteiger partial charge is 0.193 e. The molecule has 0 bridgehead atoms. The standard InChI is InChI=1S/C25H44O3Si/c1-18(20-11-12-21-22(26)10-9-14-25(20,21)6)17-27-19-13-15-24(5,16-19)28-29(7,8)23(2,3)4/h13,15,18-21H,9-12,14,16-17H2,1-8H3/t18-,19+,20+,21?,24+,25+/m0/s1. The van der Waals surface area contributed by atoms with Gasteiger partial charge in [0.15, 0.2) is 8.32 Å². The molecule has 6 atom stereocenters. The molecule has 0 aromatic carbocycles. The average molecular weight is 421 g/mol. The predicted molar refractivity (Wildman–Crippen MR) is 123 cm³/mol. The lowest BCUT2D eigenvalue weighted by Crippen LogP contribution is -2.47. The Hall–Kier alpha value is -0.453. The number of carbonyl (C=O) groups is 1. The monoisotopic (exact) mass is 420 g/mol. The number of ketones is 1. The fraction of sp³-hybridized carbons (Fsp3) is 0.880. The van der Waals surface area contributed by atoms with Crippen LogP contribution in [0.25, 0.3) is 0 Å². The van der Waals surface area contributed by atoms with Crippen LogP contribution in [0.5, 0.6) is 0 Å². The van der Waals surface area contributed by atoms with Crippen molar-refractivity contribution in [2.24, 2.45) is 23.2 Å². The molecule has 3 aliphatic carbocycles. The van der Waals surface area contributed by atoms with Gasteiger partial charge < -0.3 is 9.16 Å². The van der Waals surface area contributed by atoms with E-state index >= 15 is 0 Å². The quantitative estimate of drug-likeness (QED) is 0.362. The summed E-state index contributed by atoms with van der Waals surface area (Å²) in [6.45, 7) is 19.2. The molecule has 0 radical (unpaired) electrons. The lowest BCUT2D eigenvalue weighted by molar-refractivity contribution is -0.130. The summed E-state index contributed by atoms with van der Waals surface area (Å²) in [6.07, 6.45) is 10.9. The maximum absolute atomic E-state index is 12.4. The van der Waals surface area contributed by atoms with E-state index in [0.717, 1.165) is 32.3 Å². The van der Waals surface area contributed by atoms with Gasteiger partial charge in [0.05, 0.1) is 18.3 Å². The van der Waals surface area contributed by atoms with E-state index in [4.69, 9.17) is 9.16 Å². The second-order valence-corrected chi connectivity index (χ2v) is 16.9. The summed E-state index contributed by atoms with van der Waals surface area (Å²) in [7, 11) is -1.81. The van der Waals surface area contributed by atoms with Crippen molar-refractivity contribution >= 4 is 14.1 Å². The first kappa shape index (κ1) is 23.2. The highest BCUT2D eigenvalue weighted by molar-refractivity contribution is 6.74. The molecule has 0 heterocycles. The van der Waals surface area contributed by atoms with Crippen molar-refractivity contribution in [3.63, 3.8) is 0 Å². The van der Waals surface area contributed by atoms with Crippen LogP contribution in [-0.2, 0) is 14.0 Å². The third-order valence-corrected chi connectivity index (χ3v) is 13.4. The number of fused-ring (bicyclic) bond motifs is 1. The fourth-order valence-electron chi connectivity index (χ4n) is 6.07. The van der Waals surface area contributed by atoms with Gasteiger partial charge in [0, 0.05) is 18.8 Å². The first-order chi connectivity index (χ1) is 13.3. The van der Waals surface area contributed by atoms with Gasteiger partial charge in [-0.25, -0.2) is 0 Å². The van der Waals surface area contributed by atoms with Gasteiger partial charge in [-0.3, -0.25) is 4.79 Å². The lowest BCUT2D eigenvalue weighted by Gasteiger charge is -2.43. The van der Waals surface area contributed by atoms with Gasteiger partial charge in [-0.2, -0.15) is 0 Å². The Morgan fingerprint density at radius 1 is 1.24 bits per heavy atom. The number of ether oxygens (including phenoxy) is 1. The number of carbonyl (C=O) groups excluding carboxylic acids is 1. The molecule has 0 spiro atoms. The molecule has 0 aromatic heterocycles. The van der Waals surface area contributed by atoms with E-state index in [0.29, 0.717) is 23.5 Å². The normalized spacial score (nSPS) is 39.0. The second-order valence-electron chi connectivity index (χ2n) is 12.1. The molecule has 0 N–H and O–H groups in total. The first-order valence-corrected chi connectivity index (χ1v) is 14.7. The van der Waals surface area contributed by atoms with Crippen molar-refractivity contribution in [3.05, 3.63) is 12.2 Å². The van der Waals surface area contributed by atoms with Gasteiger partial charge in [-0.1, -0.05) is 46.8 Å². The SMILES string of the molecule is C[C@@H](CO[C@@H]1C=C[C@@](C)(O[Si](C)(C)C(C)(C)C)C1)[C@H]1CCC2C(=O)CCC[C@@]21C. The molecular formula is C25H44O3Si. The summed E-state index contributed by atoms with van der Waals surface area (Å²) in [5, 5.41) is 0.212. The molecule has 0 aliphatic heterocycles. The first-order valence-electron chi connectivity index (χ1n) is 11.8. The number of hydrogen-bond donors (Lipinski definition) is 0. The Balaban J connectivity index is 1.54. The molecule has 2 saturated carbocycles.